The molecule has 0 fully saturated rings. The molecule has 0 amide bonds. The summed E-state index contributed by atoms with van der Waals surface area (Å²) in [5.41, 5.74) is 2.11. The predicted octanol–water partition coefficient (Wildman–Crippen LogP) is 14.9. The molecular weight excluding hydrogens is 897 g/mol. The van der Waals surface area contributed by atoms with E-state index >= 15 is 0 Å². The van der Waals surface area contributed by atoms with E-state index in [1.54, 1.807) is 31.4 Å². The van der Waals surface area contributed by atoms with Crippen molar-refractivity contribution in [3.8, 4) is 0 Å². The highest BCUT2D eigenvalue weighted by Gasteiger charge is 2.45. The van der Waals surface area contributed by atoms with Gasteiger partial charge in [-0.3, -0.25) is 4.18 Å². The predicted molar refractivity (Wildman–Crippen MR) is 283 cm³/mol. The molecule has 0 aliphatic rings. The van der Waals surface area contributed by atoms with Gasteiger partial charge in [0.25, 0.3) is 10.1 Å². The average Bonchev–Trinajstić information content (AvgIpc) is 3.20. The molecule has 2 aromatic rings. The summed E-state index contributed by atoms with van der Waals surface area (Å²) in [4.78, 5) is 0.108. The van der Waals surface area contributed by atoms with Crippen molar-refractivity contribution in [3.05, 3.63) is 77.9 Å². The molecule has 0 saturated heterocycles. The maximum atomic E-state index is 14.2. The number of aryl methyl sites for hydroxylation is 1. The summed E-state index contributed by atoms with van der Waals surface area (Å²) in [7, 11) is -9.24. The van der Waals surface area contributed by atoms with Crippen molar-refractivity contribution in [1.82, 2.24) is 0 Å². The lowest BCUT2D eigenvalue weighted by atomic mass is 9.99. The van der Waals surface area contributed by atoms with Gasteiger partial charge in [0.2, 0.25) is 0 Å². The highest BCUT2D eigenvalue weighted by molar-refractivity contribution is 7.86. The van der Waals surface area contributed by atoms with E-state index in [4.69, 9.17) is 31.7 Å². The van der Waals surface area contributed by atoms with Gasteiger partial charge >= 0.3 is 0 Å². The third-order valence-corrected chi connectivity index (χ3v) is 29.1. The Morgan fingerprint density at radius 2 is 1.15 bits per heavy atom. The Bertz CT molecular complexity index is 1780. The Hall–Kier alpha value is -1.50. The quantitative estimate of drug-likeness (QED) is 0.0240. The minimum Gasteiger partial charge on any atom is -0.414 e. The monoisotopic (exact) mass is 993 g/mol. The maximum Gasteiger partial charge on any atom is 0.297 e. The van der Waals surface area contributed by atoms with Crippen molar-refractivity contribution < 1.29 is 40.1 Å². The summed E-state index contributed by atoms with van der Waals surface area (Å²) in [6.07, 6.45) is 10.5. The largest absolute Gasteiger partial charge is 0.414 e. The standard InChI is InChI=1S/C53H96O9SSi3/c1-19-20-30-45(60-64(13,14)51(3,4)5)31-25-22-26-32-47(58-42-56-12)48(59-63(54,55)46-36-34-43(2)35-37-46)38-39-50(62-66(17,18)53(9,10)11)49(61-65(15,16)52(6,7)8)33-27-40-57-41-44-28-23-21-24-29-44/h21,23-24,26,28-29,32,34-37,45,47-50H,19-20,22,25,27,30-31,33,38-42H2,1-18H3/b32-26+/t45-,47-,48-,49+,50+/m0/s1. The molecule has 0 N–H and O–H groups in total. The summed E-state index contributed by atoms with van der Waals surface area (Å²) in [6, 6.07) is 17.0. The Morgan fingerprint density at radius 3 is 1.68 bits per heavy atom. The highest BCUT2D eigenvalue weighted by atomic mass is 32.2. The molecule has 0 radical (unpaired) electrons. The molecule has 0 spiro atoms. The van der Waals surface area contributed by atoms with Crippen LogP contribution in [0.3, 0.4) is 0 Å². The third-order valence-electron chi connectivity index (χ3n) is 14.2. The summed E-state index contributed by atoms with van der Waals surface area (Å²) >= 11 is 0. The van der Waals surface area contributed by atoms with Gasteiger partial charge in [-0.25, -0.2) is 0 Å². The van der Waals surface area contributed by atoms with Crippen LogP contribution in [0.4, 0.5) is 0 Å². The van der Waals surface area contributed by atoms with Crippen molar-refractivity contribution in [2.24, 2.45) is 0 Å². The van der Waals surface area contributed by atoms with Crippen LogP contribution >= 0.6 is 0 Å². The minimum atomic E-state index is -4.19. The fraction of sp³-hybridized carbons (Fsp3) is 0.736. The van der Waals surface area contributed by atoms with Gasteiger partial charge in [-0.05, 0) is 130 Å². The molecule has 0 bridgehead atoms. The smallest absolute Gasteiger partial charge is 0.297 e. The van der Waals surface area contributed by atoms with E-state index in [0.717, 1.165) is 62.5 Å². The zero-order chi connectivity index (χ0) is 50.0. The second-order valence-electron chi connectivity index (χ2n) is 23.0. The number of allylic oxidation sites excluding steroid dienone is 1. The first-order valence-corrected chi connectivity index (χ1v) is 35.0. The molecule has 0 aromatic heterocycles. The first kappa shape index (κ1) is 60.6. The maximum absolute atomic E-state index is 14.2. The van der Waals surface area contributed by atoms with Gasteiger partial charge in [-0.15, -0.1) is 0 Å². The zero-order valence-electron chi connectivity index (χ0n) is 45.0. The molecule has 5 atom stereocenters. The SMILES string of the molecule is CCCC[C@@H](CCC/C=C/[C@H](OCOC)[C@H](CC[C@@H](O[Si](C)(C)C(C)(C)C)[C@@H](CCCOCc1ccccc1)O[Si](C)(C)C(C)(C)C)OS(=O)(=O)c1ccc(C)cc1)O[Si](C)(C)C(C)(C)C. The molecular formula is C53H96O9SSi3. The van der Waals surface area contributed by atoms with Crippen LogP contribution in [0.1, 0.15) is 145 Å². The van der Waals surface area contributed by atoms with Crippen molar-refractivity contribution >= 4 is 35.1 Å². The molecule has 0 aliphatic heterocycles. The summed E-state index contributed by atoms with van der Waals surface area (Å²) < 4.78 is 74.4. The van der Waals surface area contributed by atoms with Gasteiger partial charge < -0.3 is 27.5 Å². The fourth-order valence-electron chi connectivity index (χ4n) is 6.84. The topological polar surface area (TPSA) is 98.8 Å². The fourth-order valence-corrected chi connectivity index (χ4v) is 12.1. The van der Waals surface area contributed by atoms with E-state index in [0.29, 0.717) is 26.1 Å². The average molecular weight is 994 g/mol. The number of benzene rings is 2. The Balaban J connectivity index is 2.58. The zero-order valence-corrected chi connectivity index (χ0v) is 48.8. The van der Waals surface area contributed by atoms with Crippen LogP contribution in [0.25, 0.3) is 0 Å². The van der Waals surface area contributed by atoms with E-state index in [1.807, 2.05) is 31.2 Å². The van der Waals surface area contributed by atoms with Gasteiger partial charge in [0.15, 0.2) is 25.0 Å². The van der Waals surface area contributed by atoms with Gasteiger partial charge in [-0.1, -0.05) is 142 Å². The Morgan fingerprint density at radius 1 is 0.636 bits per heavy atom. The van der Waals surface area contributed by atoms with Gasteiger partial charge in [0, 0.05) is 19.8 Å². The number of unbranched alkanes of at least 4 members (excludes halogenated alkanes) is 2. The van der Waals surface area contributed by atoms with Gasteiger partial charge in [0.05, 0.1) is 23.7 Å². The Labute approximate surface area is 408 Å². The number of methoxy groups -OCH3 is 1. The molecule has 2 aromatic carbocycles. The van der Waals surface area contributed by atoms with E-state index in [2.05, 4.69) is 127 Å². The van der Waals surface area contributed by atoms with Crippen LogP contribution in [0.5, 0.6) is 0 Å². The number of rotatable bonds is 31. The van der Waals surface area contributed by atoms with Crippen LogP contribution in [0.15, 0.2) is 71.6 Å². The van der Waals surface area contributed by atoms with E-state index < -0.39 is 47.3 Å². The normalized spacial score (nSPS) is 16.1. The van der Waals surface area contributed by atoms with Crippen LogP contribution in [-0.2, 0) is 48.4 Å². The second-order valence-corrected chi connectivity index (χ2v) is 38.9. The lowest BCUT2D eigenvalue weighted by molar-refractivity contribution is -0.0905. The molecule has 0 unspecified atom stereocenters. The molecule has 2 rings (SSSR count). The summed E-state index contributed by atoms with van der Waals surface area (Å²) in [6.45, 7) is 39.5. The van der Waals surface area contributed by atoms with E-state index in [1.165, 1.54) is 0 Å². The summed E-state index contributed by atoms with van der Waals surface area (Å²) in [5, 5.41) is 0.0230. The molecule has 66 heavy (non-hydrogen) atoms. The molecule has 0 saturated carbocycles. The van der Waals surface area contributed by atoms with Crippen LogP contribution in [0.2, 0.25) is 54.4 Å². The van der Waals surface area contributed by atoms with Gasteiger partial charge in [-0.2, -0.15) is 8.42 Å². The molecule has 0 aliphatic carbocycles. The minimum absolute atomic E-state index is 0.0249. The second kappa shape index (κ2) is 27.2. The van der Waals surface area contributed by atoms with Crippen LogP contribution in [0, 0.1) is 6.92 Å². The van der Waals surface area contributed by atoms with Crippen molar-refractivity contribution in [2.45, 2.75) is 237 Å². The molecule has 380 valence electrons. The van der Waals surface area contributed by atoms with Crippen molar-refractivity contribution in [1.29, 1.82) is 0 Å². The number of hydrogen-bond donors (Lipinski definition) is 0. The number of hydrogen-bond acceptors (Lipinski definition) is 9. The molecule has 0 heterocycles. The molecule has 9 nitrogen and oxygen atoms in total. The summed E-state index contributed by atoms with van der Waals surface area (Å²) in [5.74, 6) is 0. The lowest BCUT2D eigenvalue weighted by Gasteiger charge is -2.45. The van der Waals surface area contributed by atoms with Gasteiger partial charge in [0.1, 0.15) is 19.0 Å². The number of ether oxygens (including phenoxy) is 3. The highest BCUT2D eigenvalue weighted by Crippen LogP contribution is 2.42. The van der Waals surface area contributed by atoms with Crippen molar-refractivity contribution in [3.63, 3.8) is 0 Å². The first-order chi connectivity index (χ1) is 30.5. The molecule has 13 heteroatoms. The third kappa shape index (κ3) is 20.8. The Kier molecular flexibility index (Phi) is 25.0. The first-order valence-electron chi connectivity index (χ1n) is 24.9. The lowest BCUT2D eigenvalue weighted by Crippen LogP contribution is -2.52. The van der Waals surface area contributed by atoms with E-state index in [9.17, 15) is 8.42 Å². The van der Waals surface area contributed by atoms with Crippen LogP contribution < -0.4 is 0 Å². The van der Waals surface area contributed by atoms with Crippen molar-refractivity contribution in [2.75, 3.05) is 20.5 Å². The van der Waals surface area contributed by atoms with Crippen LogP contribution in [-0.4, -0.2) is 84.4 Å². The van der Waals surface area contributed by atoms with E-state index in [-0.39, 0.29) is 45.1 Å².